The van der Waals surface area contributed by atoms with Gasteiger partial charge in [0.1, 0.15) is 30.1 Å². The molecule has 14 nitrogen and oxygen atoms in total. The molecule has 3 aliphatic heterocycles. The zero-order valence-corrected chi connectivity index (χ0v) is 39.3. The number of halogens is 2. The molecule has 4 aliphatic rings. The summed E-state index contributed by atoms with van der Waals surface area (Å²) in [5, 5.41) is 23.0. The molecule has 2 N–H and O–H groups in total. The van der Waals surface area contributed by atoms with Crippen molar-refractivity contribution >= 4 is 29.2 Å². The number of rotatable bonds is 8. The lowest BCUT2D eigenvalue weighted by atomic mass is 9.78. The summed E-state index contributed by atoms with van der Waals surface area (Å²) in [5.74, 6) is -7.32. The molecule has 3 heterocycles. The zero-order chi connectivity index (χ0) is 47.8. The third-order valence-electron chi connectivity index (χ3n) is 13.7. The minimum atomic E-state index is -2.95. The summed E-state index contributed by atoms with van der Waals surface area (Å²) >= 11 is 0. The Hall–Kier alpha value is -3.51. The fourth-order valence-electron chi connectivity index (χ4n) is 9.58. The largest absolute Gasteiger partial charge is 0.460 e. The van der Waals surface area contributed by atoms with Gasteiger partial charge < -0.3 is 43.5 Å². The number of hydrogen-bond acceptors (Lipinski definition) is 13. The number of carbonyl (C=O) groups excluding carboxylic acids is 5. The number of methoxy groups -OCH3 is 3. The second-order valence-corrected chi connectivity index (χ2v) is 18.4. The number of piperidine rings is 1. The number of amides is 1. The maximum Gasteiger partial charge on any atom is 0.345 e. The Labute approximate surface area is 383 Å². The Morgan fingerprint density at radius 2 is 1.65 bits per heavy atom. The fourth-order valence-corrected chi connectivity index (χ4v) is 9.58. The van der Waals surface area contributed by atoms with Crippen LogP contribution in [0.1, 0.15) is 124 Å². The van der Waals surface area contributed by atoms with E-state index in [-0.39, 0.29) is 49.7 Å². The predicted molar refractivity (Wildman–Crippen MR) is 236 cm³/mol. The van der Waals surface area contributed by atoms with E-state index in [9.17, 15) is 43.0 Å². The van der Waals surface area contributed by atoms with E-state index in [4.69, 9.17) is 28.4 Å². The van der Waals surface area contributed by atoms with Crippen LogP contribution in [0.3, 0.4) is 0 Å². The first-order valence-electron chi connectivity index (χ1n) is 23.3. The summed E-state index contributed by atoms with van der Waals surface area (Å²) in [4.78, 5) is 70.6. The summed E-state index contributed by atoms with van der Waals surface area (Å²) in [5.41, 5.74) is 1.22. The highest BCUT2D eigenvalue weighted by molar-refractivity contribution is 6.39. The highest BCUT2D eigenvalue weighted by atomic mass is 19.3. The molecule has 366 valence electrons. The molecular formula is C49H73F2NO13. The van der Waals surface area contributed by atoms with Gasteiger partial charge >= 0.3 is 12.6 Å². The summed E-state index contributed by atoms with van der Waals surface area (Å²) < 4.78 is 60.1. The molecule has 12 atom stereocenters. The number of alkyl halides is 2. The quantitative estimate of drug-likeness (QED) is 0.149. The molecule has 0 radical (unpaired) electrons. The average Bonchev–Trinajstić information content (AvgIpc) is 3.28. The number of aliphatic hydroxyl groups is 2. The SMILES string of the molecule is CO[C@H]1C[C@@H]2CC[C@@H](C)[C@@](O)(O2)C(=O)C(=O)N2CCCC[C@H]2C(=O)O[C@H]([C@H](C)C[C@@H]2CC[C@@H](OC(F)F)[C@H](OC)C2)CC(=O)C/C=C(\C)[C@@H](O)[C@@H](OC)C(=O)CCC/C=C/C=C/C=C/1C. The molecule has 0 spiro atoms. The van der Waals surface area contributed by atoms with Crippen LogP contribution in [-0.2, 0) is 52.4 Å². The van der Waals surface area contributed by atoms with Gasteiger partial charge in [0.25, 0.3) is 11.7 Å². The van der Waals surface area contributed by atoms with E-state index in [1.54, 1.807) is 21.0 Å². The number of carbonyl (C=O) groups is 5. The van der Waals surface area contributed by atoms with Gasteiger partial charge in [-0.1, -0.05) is 50.3 Å². The van der Waals surface area contributed by atoms with Gasteiger partial charge in [0, 0.05) is 59.5 Å². The number of esters is 1. The van der Waals surface area contributed by atoms with Gasteiger partial charge in [-0.05, 0) is 107 Å². The summed E-state index contributed by atoms with van der Waals surface area (Å²) in [7, 11) is 4.34. The first-order valence-corrected chi connectivity index (χ1v) is 23.3. The normalized spacial score (nSPS) is 37.0. The van der Waals surface area contributed by atoms with Gasteiger partial charge in [-0.2, -0.15) is 8.78 Å². The minimum Gasteiger partial charge on any atom is -0.460 e. The Morgan fingerprint density at radius 1 is 0.892 bits per heavy atom. The van der Waals surface area contributed by atoms with Crippen molar-refractivity contribution in [2.24, 2.45) is 17.8 Å². The van der Waals surface area contributed by atoms with Crippen molar-refractivity contribution in [3.05, 3.63) is 47.6 Å². The number of nitrogens with zero attached hydrogens (tertiary/aromatic N) is 1. The van der Waals surface area contributed by atoms with E-state index in [1.165, 1.54) is 20.3 Å². The van der Waals surface area contributed by atoms with E-state index in [0.29, 0.717) is 76.2 Å². The first kappa shape index (κ1) is 54.1. The number of cyclic esters (lactones) is 1. The molecule has 65 heavy (non-hydrogen) atoms. The van der Waals surface area contributed by atoms with Crippen molar-refractivity contribution in [1.82, 2.24) is 4.90 Å². The number of Topliss-reactive ketones (excluding diaryl/α,β-unsaturated/α-hetero) is 3. The molecule has 0 aromatic carbocycles. The van der Waals surface area contributed by atoms with Gasteiger partial charge in [-0.3, -0.25) is 19.2 Å². The molecule has 2 saturated heterocycles. The van der Waals surface area contributed by atoms with Crippen LogP contribution >= 0.6 is 0 Å². The van der Waals surface area contributed by atoms with Crippen molar-refractivity contribution in [1.29, 1.82) is 0 Å². The molecular weight excluding hydrogens is 849 g/mol. The van der Waals surface area contributed by atoms with Crippen LogP contribution in [0, 0.1) is 17.8 Å². The Morgan fingerprint density at radius 3 is 2.34 bits per heavy atom. The molecule has 0 aromatic heterocycles. The lowest BCUT2D eigenvalue weighted by Gasteiger charge is -2.42. The smallest absolute Gasteiger partial charge is 0.345 e. The number of ketones is 3. The van der Waals surface area contributed by atoms with Crippen molar-refractivity contribution in [2.75, 3.05) is 27.9 Å². The van der Waals surface area contributed by atoms with Crippen molar-refractivity contribution in [3.63, 3.8) is 0 Å². The Balaban J connectivity index is 1.64. The number of ether oxygens (including phenoxy) is 6. The lowest BCUT2D eigenvalue weighted by molar-refractivity contribution is -0.265. The van der Waals surface area contributed by atoms with Gasteiger partial charge in [-0.15, -0.1) is 0 Å². The maximum absolute atomic E-state index is 14.3. The van der Waals surface area contributed by atoms with Crippen LogP contribution in [0.4, 0.5) is 8.78 Å². The van der Waals surface area contributed by atoms with E-state index in [1.807, 2.05) is 44.2 Å². The highest BCUT2D eigenvalue weighted by Crippen LogP contribution is 2.38. The van der Waals surface area contributed by atoms with Crippen molar-refractivity contribution in [2.45, 2.75) is 185 Å². The number of hydrogen-bond donors (Lipinski definition) is 2. The van der Waals surface area contributed by atoms with Crippen LogP contribution in [0.5, 0.6) is 0 Å². The van der Waals surface area contributed by atoms with Gasteiger partial charge in [-0.25, -0.2) is 4.79 Å². The van der Waals surface area contributed by atoms with Gasteiger partial charge in [0.05, 0.1) is 24.4 Å². The predicted octanol–water partition coefficient (Wildman–Crippen LogP) is 6.69. The van der Waals surface area contributed by atoms with Crippen LogP contribution in [0.15, 0.2) is 47.6 Å². The van der Waals surface area contributed by atoms with E-state index >= 15 is 0 Å². The zero-order valence-electron chi connectivity index (χ0n) is 39.3. The molecule has 1 aliphatic carbocycles. The molecule has 16 heteroatoms. The molecule has 0 aromatic rings. The summed E-state index contributed by atoms with van der Waals surface area (Å²) in [6, 6.07) is -1.19. The first-order chi connectivity index (χ1) is 30.9. The van der Waals surface area contributed by atoms with E-state index in [0.717, 1.165) is 10.5 Å². The standard InChI is InChI=1S/C49H73F2NO13/c1-30-16-12-10-8-9-11-13-18-38(54)44(62-7)43(55)31(2)19-22-35(53)28-41(32(3)26-34-21-24-39(64-48(50)51)42(27-34)61-6)63-47(58)37-17-14-15-25-52(37)46(57)45(56)49(59)33(4)20-23-36(65-49)29-40(30)60-5/h8-10,12,16,19,32-34,36-37,39-44,48,55,59H,11,13-15,17-18,20-29H2,1-7H3/b9-8+,12-10+,30-16+,31-19+/t32-,33-,34+,36+,37+,39-,40+,41+,42-,43-,44+,49-/m1/s1. The number of fused-ring (bicyclic) bond motifs is 3. The topological polar surface area (TPSA) is 184 Å². The second kappa shape index (κ2) is 26.1. The molecule has 1 saturated carbocycles. The molecule has 1 amide bonds. The molecule has 4 rings (SSSR count). The van der Waals surface area contributed by atoms with Gasteiger partial charge in [0.2, 0.25) is 5.79 Å². The maximum atomic E-state index is 14.3. The van der Waals surface area contributed by atoms with Crippen molar-refractivity contribution < 1.29 is 71.4 Å². The van der Waals surface area contributed by atoms with E-state index < -0.39 is 90.7 Å². The number of aliphatic hydroxyl groups excluding tert-OH is 1. The lowest BCUT2D eigenvalue weighted by Crippen LogP contribution is -2.61. The Bertz CT molecular complexity index is 1730. The summed E-state index contributed by atoms with van der Waals surface area (Å²) in [6.07, 6.45) is 10.0. The second-order valence-electron chi connectivity index (χ2n) is 18.4. The molecule has 2 bridgehead atoms. The third-order valence-corrected chi connectivity index (χ3v) is 13.7. The fraction of sp³-hybridized carbons (Fsp3) is 0.735. The van der Waals surface area contributed by atoms with Crippen LogP contribution in [0.2, 0.25) is 0 Å². The van der Waals surface area contributed by atoms with Crippen molar-refractivity contribution in [3.8, 4) is 0 Å². The van der Waals surface area contributed by atoms with Crippen LogP contribution in [-0.4, -0.2) is 133 Å². The average molecular weight is 922 g/mol. The minimum absolute atomic E-state index is 0.0453. The number of allylic oxidation sites excluding steroid dienone is 6. The molecule has 0 unspecified atom stereocenters. The van der Waals surface area contributed by atoms with E-state index in [2.05, 4.69) is 0 Å². The highest BCUT2D eigenvalue weighted by Gasteiger charge is 2.53. The van der Waals surface area contributed by atoms with Gasteiger partial charge in [0.15, 0.2) is 5.78 Å². The molecule has 3 fully saturated rings. The van der Waals surface area contributed by atoms with Crippen LogP contribution in [0.25, 0.3) is 0 Å². The summed E-state index contributed by atoms with van der Waals surface area (Å²) in [6.45, 7) is 4.08. The Kier molecular flexibility index (Phi) is 21.8. The monoisotopic (exact) mass is 922 g/mol. The van der Waals surface area contributed by atoms with Crippen LogP contribution < -0.4 is 0 Å². The third kappa shape index (κ3) is 15.2.